The highest BCUT2D eigenvalue weighted by Gasteiger charge is 2.38. The number of benzene rings is 2. The summed E-state index contributed by atoms with van der Waals surface area (Å²) in [7, 11) is -3.27. The van der Waals surface area contributed by atoms with Crippen LogP contribution in [0, 0.1) is 5.82 Å². The van der Waals surface area contributed by atoms with Crippen molar-refractivity contribution in [2.24, 2.45) is 0 Å². The van der Waals surface area contributed by atoms with E-state index in [1.165, 1.54) is 37.3 Å². The number of ether oxygens (including phenoxy) is 1. The molecule has 2 atom stereocenters. The summed E-state index contributed by atoms with van der Waals surface area (Å²) < 4.78 is 44.1. The molecular formula is C21H25FN2O3S. The predicted molar refractivity (Wildman–Crippen MR) is 107 cm³/mol. The van der Waals surface area contributed by atoms with Crippen LogP contribution in [-0.2, 0) is 16.3 Å². The molecule has 0 spiro atoms. The average Bonchev–Trinajstić information content (AvgIpc) is 3.25. The van der Waals surface area contributed by atoms with Gasteiger partial charge in [-0.2, -0.15) is 0 Å². The number of sulfone groups is 1. The Morgan fingerprint density at radius 3 is 2.46 bits per heavy atom. The molecular weight excluding hydrogens is 379 g/mol. The smallest absolute Gasteiger partial charge is 0.175 e. The van der Waals surface area contributed by atoms with E-state index in [1.807, 2.05) is 0 Å². The monoisotopic (exact) mass is 404 g/mol. The van der Waals surface area contributed by atoms with Crippen molar-refractivity contribution in [2.75, 3.05) is 12.0 Å². The number of fused-ring (bicyclic) bond motifs is 1. The summed E-state index contributed by atoms with van der Waals surface area (Å²) in [4.78, 5) is 0.239. The maximum absolute atomic E-state index is 14.5. The Labute approximate surface area is 165 Å². The Bertz CT molecular complexity index is 970. The van der Waals surface area contributed by atoms with E-state index in [2.05, 4.69) is 5.32 Å². The van der Waals surface area contributed by atoms with Crippen molar-refractivity contribution in [2.45, 2.75) is 55.2 Å². The molecule has 150 valence electrons. The molecule has 2 aromatic carbocycles. The molecule has 28 heavy (non-hydrogen) atoms. The van der Waals surface area contributed by atoms with Crippen LogP contribution in [0.3, 0.4) is 0 Å². The number of anilines is 1. The third-order valence-corrected chi connectivity index (χ3v) is 6.80. The molecule has 0 amide bonds. The number of rotatable bonds is 5. The van der Waals surface area contributed by atoms with Crippen molar-refractivity contribution < 1.29 is 17.5 Å². The third kappa shape index (κ3) is 3.86. The fourth-order valence-corrected chi connectivity index (χ4v) is 4.92. The molecule has 0 aromatic heterocycles. The number of nitrogens with two attached hydrogens (primary N) is 1. The van der Waals surface area contributed by atoms with E-state index in [4.69, 9.17) is 10.5 Å². The highest BCUT2D eigenvalue weighted by Crippen LogP contribution is 2.39. The summed E-state index contributed by atoms with van der Waals surface area (Å²) in [5.74, 6) is 0.248. The molecule has 7 heteroatoms. The highest BCUT2D eigenvalue weighted by molar-refractivity contribution is 7.90. The lowest BCUT2D eigenvalue weighted by atomic mass is 10.1. The zero-order valence-electron chi connectivity index (χ0n) is 15.8. The molecule has 2 aliphatic carbocycles. The summed E-state index contributed by atoms with van der Waals surface area (Å²) in [6.45, 7) is 0. The first-order valence-corrected chi connectivity index (χ1v) is 11.5. The van der Waals surface area contributed by atoms with Gasteiger partial charge in [-0.1, -0.05) is 12.8 Å². The molecule has 0 bridgehead atoms. The second kappa shape index (κ2) is 7.37. The van der Waals surface area contributed by atoms with Crippen LogP contribution >= 0.6 is 0 Å². The van der Waals surface area contributed by atoms with Gasteiger partial charge >= 0.3 is 0 Å². The maximum atomic E-state index is 14.5. The molecule has 0 heterocycles. The highest BCUT2D eigenvalue weighted by atomic mass is 32.2. The Balaban J connectivity index is 1.63. The van der Waals surface area contributed by atoms with Crippen molar-refractivity contribution in [3.05, 3.63) is 53.3 Å². The van der Waals surface area contributed by atoms with Crippen LogP contribution in [0.25, 0.3) is 0 Å². The zero-order chi connectivity index (χ0) is 19.9. The molecule has 0 unspecified atom stereocenters. The summed E-state index contributed by atoms with van der Waals surface area (Å²) in [6.07, 6.45) is 5.99. The maximum Gasteiger partial charge on any atom is 0.175 e. The first kappa shape index (κ1) is 19.2. The van der Waals surface area contributed by atoms with Gasteiger partial charge in [-0.05, 0) is 61.2 Å². The van der Waals surface area contributed by atoms with Crippen LogP contribution in [-0.4, -0.2) is 26.8 Å². The van der Waals surface area contributed by atoms with E-state index in [0.29, 0.717) is 29.5 Å². The summed E-state index contributed by atoms with van der Waals surface area (Å²) in [5, 5.41) is 3.65. The SMILES string of the molecule is CS(=O)(=O)c1ccc(O[C@H]2c3cc(N)cc(F)c3C[C@@H]2NC2CCCC2)cc1. The van der Waals surface area contributed by atoms with E-state index in [0.717, 1.165) is 18.4 Å². The van der Waals surface area contributed by atoms with Gasteiger partial charge in [0, 0.05) is 23.5 Å². The Kier molecular flexibility index (Phi) is 5.05. The minimum Gasteiger partial charge on any atom is -0.484 e. The van der Waals surface area contributed by atoms with Gasteiger partial charge in [-0.15, -0.1) is 0 Å². The lowest BCUT2D eigenvalue weighted by molar-refractivity contribution is 0.160. The topological polar surface area (TPSA) is 81.4 Å². The largest absolute Gasteiger partial charge is 0.484 e. The minimum atomic E-state index is -3.27. The normalized spacial score (nSPS) is 22.4. The number of hydrogen-bond acceptors (Lipinski definition) is 5. The molecule has 0 radical (unpaired) electrons. The van der Waals surface area contributed by atoms with Crippen molar-refractivity contribution in [3.63, 3.8) is 0 Å². The van der Waals surface area contributed by atoms with Gasteiger partial charge < -0.3 is 15.8 Å². The number of nitrogens with one attached hydrogen (secondary N) is 1. The molecule has 5 nitrogen and oxygen atoms in total. The van der Waals surface area contributed by atoms with E-state index < -0.39 is 9.84 Å². The standard InChI is InChI=1S/C21H25FN2O3S/c1-28(25,26)16-8-6-15(7-9-16)27-21-18-10-13(23)11-19(22)17(18)12-20(21)24-14-4-2-3-5-14/h6-11,14,20-21,24H,2-5,12,23H2,1H3/t20-,21-/m0/s1. The molecule has 4 rings (SSSR count). The number of hydrogen-bond donors (Lipinski definition) is 2. The molecule has 2 aromatic rings. The summed E-state index contributed by atoms with van der Waals surface area (Å²) in [5.41, 5.74) is 7.66. The fourth-order valence-electron chi connectivity index (χ4n) is 4.29. The first-order chi connectivity index (χ1) is 13.3. The van der Waals surface area contributed by atoms with Crippen molar-refractivity contribution >= 4 is 15.5 Å². The van der Waals surface area contributed by atoms with Gasteiger partial charge in [0.2, 0.25) is 0 Å². The molecule has 2 aliphatic rings. The van der Waals surface area contributed by atoms with Crippen molar-refractivity contribution in [3.8, 4) is 5.75 Å². The van der Waals surface area contributed by atoms with Gasteiger partial charge in [-0.25, -0.2) is 12.8 Å². The van der Waals surface area contributed by atoms with Crippen LogP contribution in [0.15, 0.2) is 41.3 Å². The number of nitrogen functional groups attached to an aromatic ring is 1. The lowest BCUT2D eigenvalue weighted by Gasteiger charge is -2.26. The molecule has 1 saturated carbocycles. The van der Waals surface area contributed by atoms with Crippen molar-refractivity contribution in [1.82, 2.24) is 5.32 Å². The van der Waals surface area contributed by atoms with Gasteiger partial charge in [-0.3, -0.25) is 0 Å². The van der Waals surface area contributed by atoms with E-state index in [1.54, 1.807) is 18.2 Å². The van der Waals surface area contributed by atoms with Gasteiger partial charge in [0.15, 0.2) is 9.84 Å². The Morgan fingerprint density at radius 1 is 1.14 bits per heavy atom. The van der Waals surface area contributed by atoms with Crippen LogP contribution < -0.4 is 15.8 Å². The Hall–Kier alpha value is -2.12. The average molecular weight is 405 g/mol. The van der Waals surface area contributed by atoms with Gasteiger partial charge in [0.05, 0.1) is 10.9 Å². The minimum absolute atomic E-state index is 0.0519. The van der Waals surface area contributed by atoms with E-state index in [-0.39, 0.29) is 22.9 Å². The lowest BCUT2D eigenvalue weighted by Crippen LogP contribution is -2.41. The van der Waals surface area contributed by atoms with Crippen molar-refractivity contribution in [1.29, 1.82) is 0 Å². The quantitative estimate of drug-likeness (QED) is 0.747. The summed E-state index contributed by atoms with van der Waals surface area (Å²) >= 11 is 0. The van der Waals surface area contributed by atoms with Crippen LogP contribution in [0.4, 0.5) is 10.1 Å². The molecule has 1 fully saturated rings. The molecule has 0 aliphatic heterocycles. The molecule has 3 N–H and O–H groups in total. The predicted octanol–water partition coefficient (Wildman–Crippen LogP) is 3.39. The first-order valence-electron chi connectivity index (χ1n) is 9.62. The van der Waals surface area contributed by atoms with Crippen LogP contribution in [0.1, 0.15) is 42.9 Å². The zero-order valence-corrected chi connectivity index (χ0v) is 16.6. The van der Waals surface area contributed by atoms with E-state index >= 15 is 0 Å². The summed E-state index contributed by atoms with van der Waals surface area (Å²) in [6, 6.07) is 9.84. The second-order valence-electron chi connectivity index (χ2n) is 7.81. The van der Waals surface area contributed by atoms with Crippen LogP contribution in [0.5, 0.6) is 5.75 Å². The van der Waals surface area contributed by atoms with E-state index in [9.17, 15) is 12.8 Å². The fraction of sp³-hybridized carbons (Fsp3) is 0.429. The number of halogens is 1. The second-order valence-corrected chi connectivity index (χ2v) is 9.83. The van der Waals surface area contributed by atoms with Gasteiger partial charge in [0.25, 0.3) is 0 Å². The van der Waals surface area contributed by atoms with Gasteiger partial charge in [0.1, 0.15) is 17.7 Å². The molecule has 0 saturated heterocycles. The Morgan fingerprint density at radius 2 is 1.82 bits per heavy atom. The third-order valence-electron chi connectivity index (χ3n) is 5.67. The van der Waals surface area contributed by atoms with Crippen LogP contribution in [0.2, 0.25) is 0 Å².